The van der Waals surface area contributed by atoms with Crippen molar-refractivity contribution in [3.05, 3.63) is 101 Å². The number of thiophene rings is 1. The Morgan fingerprint density at radius 3 is 2.75 bits per heavy atom. The Hall–Kier alpha value is -3.38. The number of nitrogens with zero attached hydrogens (tertiary/aromatic N) is 2. The fourth-order valence-corrected chi connectivity index (χ4v) is 3.57. The lowest BCUT2D eigenvalue weighted by molar-refractivity contribution is 0.103. The molecule has 0 bridgehead atoms. The first kappa shape index (κ1) is 18.0. The van der Waals surface area contributed by atoms with Gasteiger partial charge in [0.15, 0.2) is 0 Å². The molecule has 0 saturated carbocycles. The quantitative estimate of drug-likeness (QED) is 0.493. The van der Waals surface area contributed by atoms with Gasteiger partial charge in [0.25, 0.3) is 5.91 Å². The van der Waals surface area contributed by atoms with Gasteiger partial charge in [0.2, 0.25) is 0 Å². The molecule has 0 aliphatic carbocycles. The number of aromatic nitrogens is 2. The molecule has 2 aromatic carbocycles. The molecule has 1 amide bonds. The van der Waals surface area contributed by atoms with Gasteiger partial charge >= 0.3 is 0 Å². The van der Waals surface area contributed by atoms with E-state index in [0.717, 1.165) is 22.6 Å². The number of benzene rings is 2. The number of carbonyl (C=O) groups is 1. The smallest absolute Gasteiger partial charge is 0.265 e. The summed E-state index contributed by atoms with van der Waals surface area (Å²) < 4.78 is 7.58. The second-order valence-corrected chi connectivity index (χ2v) is 7.19. The van der Waals surface area contributed by atoms with E-state index in [-0.39, 0.29) is 5.91 Å². The zero-order chi connectivity index (χ0) is 19.2. The number of nitrogens with one attached hydrogen (secondary N) is 1. The molecule has 2 aromatic heterocycles. The summed E-state index contributed by atoms with van der Waals surface area (Å²) in [4.78, 5) is 13.2. The van der Waals surface area contributed by atoms with E-state index in [0.29, 0.717) is 18.0 Å². The maximum absolute atomic E-state index is 12.6. The van der Waals surface area contributed by atoms with Crippen LogP contribution in [0.4, 0.5) is 5.69 Å². The summed E-state index contributed by atoms with van der Waals surface area (Å²) in [5.41, 5.74) is 2.82. The van der Waals surface area contributed by atoms with Crippen molar-refractivity contribution in [2.45, 2.75) is 13.2 Å². The maximum atomic E-state index is 12.6. The van der Waals surface area contributed by atoms with E-state index in [1.165, 1.54) is 11.3 Å². The van der Waals surface area contributed by atoms with Crippen LogP contribution in [0.5, 0.6) is 5.75 Å². The number of anilines is 1. The average Bonchev–Trinajstić information content (AvgIpc) is 3.39. The standard InChI is InChI=1S/C22H19N3O2S/c26-22(21-13-18(16-28-21)15-27-20-8-2-1-3-9-20)24-19-7-4-6-17(12-19)14-25-11-5-10-23-25/h1-13,16H,14-15H2,(H,24,26). The summed E-state index contributed by atoms with van der Waals surface area (Å²) in [6.45, 7) is 1.10. The highest BCUT2D eigenvalue weighted by Gasteiger charge is 2.10. The van der Waals surface area contributed by atoms with Gasteiger partial charge in [-0.2, -0.15) is 5.10 Å². The summed E-state index contributed by atoms with van der Waals surface area (Å²) in [7, 11) is 0. The van der Waals surface area contributed by atoms with Crippen LogP contribution in [-0.4, -0.2) is 15.7 Å². The predicted molar refractivity (Wildman–Crippen MR) is 111 cm³/mol. The van der Waals surface area contributed by atoms with E-state index < -0.39 is 0 Å². The summed E-state index contributed by atoms with van der Waals surface area (Å²) in [5.74, 6) is 0.695. The van der Waals surface area contributed by atoms with E-state index in [1.54, 1.807) is 6.20 Å². The summed E-state index contributed by atoms with van der Waals surface area (Å²) >= 11 is 1.41. The van der Waals surface area contributed by atoms with Crippen LogP contribution in [0.3, 0.4) is 0 Å². The largest absolute Gasteiger partial charge is 0.489 e. The number of ether oxygens (including phenoxy) is 1. The molecule has 1 N–H and O–H groups in total. The van der Waals surface area contributed by atoms with E-state index in [4.69, 9.17) is 4.74 Å². The van der Waals surface area contributed by atoms with E-state index >= 15 is 0 Å². The maximum Gasteiger partial charge on any atom is 0.265 e. The molecule has 0 radical (unpaired) electrons. The Kier molecular flexibility index (Phi) is 5.49. The minimum Gasteiger partial charge on any atom is -0.489 e. The van der Waals surface area contributed by atoms with Gasteiger partial charge in [-0.3, -0.25) is 9.48 Å². The van der Waals surface area contributed by atoms with Gasteiger partial charge in [-0.05, 0) is 47.3 Å². The van der Waals surface area contributed by atoms with Crippen LogP contribution in [-0.2, 0) is 13.2 Å². The highest BCUT2D eigenvalue weighted by Crippen LogP contribution is 2.20. The van der Waals surface area contributed by atoms with E-state index in [9.17, 15) is 4.79 Å². The number of rotatable bonds is 7. The first-order valence-corrected chi connectivity index (χ1v) is 9.77. The number of para-hydroxylation sites is 1. The molecule has 2 heterocycles. The normalized spacial score (nSPS) is 10.6. The minimum atomic E-state index is -0.118. The Bertz CT molecular complexity index is 1040. The third kappa shape index (κ3) is 4.66. The van der Waals surface area contributed by atoms with E-state index in [2.05, 4.69) is 10.4 Å². The topological polar surface area (TPSA) is 56.2 Å². The molecule has 5 nitrogen and oxygen atoms in total. The molecular weight excluding hydrogens is 370 g/mol. The van der Waals surface area contributed by atoms with Crippen LogP contribution in [0.25, 0.3) is 0 Å². The molecule has 6 heteroatoms. The van der Waals surface area contributed by atoms with Gasteiger partial charge in [0, 0.05) is 23.6 Å². The molecule has 0 atom stereocenters. The minimum absolute atomic E-state index is 0.118. The summed E-state index contributed by atoms with van der Waals surface area (Å²) in [5, 5.41) is 9.13. The van der Waals surface area contributed by atoms with Crippen molar-refractivity contribution in [3.63, 3.8) is 0 Å². The first-order chi connectivity index (χ1) is 13.8. The van der Waals surface area contributed by atoms with Crippen molar-refractivity contribution in [2.75, 3.05) is 5.32 Å². The lowest BCUT2D eigenvalue weighted by Gasteiger charge is -2.07. The molecule has 0 fully saturated rings. The predicted octanol–water partition coefficient (Wildman–Crippen LogP) is 4.82. The molecule has 4 aromatic rings. The molecule has 4 rings (SSSR count). The molecule has 0 aliphatic heterocycles. The van der Waals surface area contributed by atoms with Crippen LogP contribution in [0, 0.1) is 0 Å². The van der Waals surface area contributed by atoms with Crippen molar-refractivity contribution < 1.29 is 9.53 Å². The van der Waals surface area contributed by atoms with Crippen molar-refractivity contribution in [1.29, 1.82) is 0 Å². The molecule has 28 heavy (non-hydrogen) atoms. The molecule has 0 spiro atoms. The number of hydrogen-bond donors (Lipinski definition) is 1. The van der Waals surface area contributed by atoms with E-state index in [1.807, 2.05) is 83.0 Å². The van der Waals surface area contributed by atoms with Crippen LogP contribution in [0.2, 0.25) is 0 Å². The molecule has 0 saturated heterocycles. The number of carbonyl (C=O) groups excluding carboxylic acids is 1. The van der Waals surface area contributed by atoms with Crippen LogP contribution >= 0.6 is 11.3 Å². The third-order valence-electron chi connectivity index (χ3n) is 4.11. The van der Waals surface area contributed by atoms with Crippen molar-refractivity contribution in [1.82, 2.24) is 9.78 Å². The number of hydrogen-bond acceptors (Lipinski definition) is 4. The zero-order valence-corrected chi connectivity index (χ0v) is 15.9. The molecule has 140 valence electrons. The van der Waals surface area contributed by atoms with Gasteiger partial charge in [-0.15, -0.1) is 11.3 Å². The monoisotopic (exact) mass is 389 g/mol. The van der Waals surface area contributed by atoms with Crippen molar-refractivity contribution in [3.8, 4) is 5.75 Å². The Morgan fingerprint density at radius 2 is 1.93 bits per heavy atom. The van der Waals surface area contributed by atoms with Gasteiger partial charge in [-0.25, -0.2) is 0 Å². The zero-order valence-electron chi connectivity index (χ0n) is 15.1. The van der Waals surface area contributed by atoms with Crippen LogP contribution in [0.15, 0.2) is 84.5 Å². The van der Waals surface area contributed by atoms with Gasteiger partial charge in [0.05, 0.1) is 11.4 Å². The highest BCUT2D eigenvalue weighted by molar-refractivity contribution is 7.12. The second-order valence-electron chi connectivity index (χ2n) is 6.28. The fraction of sp³-hybridized carbons (Fsp3) is 0.0909. The lowest BCUT2D eigenvalue weighted by atomic mass is 10.2. The Labute approximate surface area is 167 Å². The van der Waals surface area contributed by atoms with Gasteiger partial charge in [-0.1, -0.05) is 30.3 Å². The summed E-state index contributed by atoms with van der Waals surface area (Å²) in [6, 6.07) is 21.2. The third-order valence-corrected chi connectivity index (χ3v) is 5.09. The molecule has 0 aliphatic rings. The van der Waals surface area contributed by atoms with Crippen LogP contribution in [0.1, 0.15) is 20.8 Å². The van der Waals surface area contributed by atoms with Gasteiger partial charge in [0.1, 0.15) is 12.4 Å². The number of amides is 1. The first-order valence-electron chi connectivity index (χ1n) is 8.89. The average molecular weight is 389 g/mol. The van der Waals surface area contributed by atoms with Gasteiger partial charge < -0.3 is 10.1 Å². The second kappa shape index (κ2) is 8.54. The Morgan fingerprint density at radius 1 is 1.04 bits per heavy atom. The SMILES string of the molecule is O=C(Nc1cccc(Cn2cccn2)c1)c1cc(COc2ccccc2)cs1. The fourth-order valence-electron chi connectivity index (χ4n) is 2.77. The van der Waals surface area contributed by atoms with Crippen LogP contribution < -0.4 is 10.1 Å². The summed E-state index contributed by atoms with van der Waals surface area (Å²) in [6.07, 6.45) is 3.66. The lowest BCUT2D eigenvalue weighted by Crippen LogP contribution is -2.10. The van der Waals surface area contributed by atoms with Crippen molar-refractivity contribution >= 4 is 22.9 Å². The highest BCUT2D eigenvalue weighted by atomic mass is 32.1. The molecular formula is C22H19N3O2S. The molecule has 0 unspecified atom stereocenters. The Balaban J connectivity index is 1.37. The van der Waals surface area contributed by atoms with Crippen molar-refractivity contribution in [2.24, 2.45) is 0 Å².